The molecule has 4 rings (SSSR count). The fourth-order valence-electron chi connectivity index (χ4n) is 2.78. The molecule has 6 nitrogen and oxygen atoms in total. The summed E-state index contributed by atoms with van der Waals surface area (Å²) in [6.07, 6.45) is 7.37. The summed E-state index contributed by atoms with van der Waals surface area (Å²) in [5.74, 6) is 7.03. The van der Waals surface area contributed by atoms with Crippen molar-refractivity contribution < 1.29 is 9.84 Å². The molecule has 0 aliphatic heterocycles. The molecular formula is C20H16N4O2. The van der Waals surface area contributed by atoms with Crippen molar-refractivity contribution in [1.29, 1.82) is 0 Å². The van der Waals surface area contributed by atoms with Gasteiger partial charge in [-0.3, -0.25) is 4.68 Å². The monoisotopic (exact) mass is 344 g/mol. The van der Waals surface area contributed by atoms with Gasteiger partial charge in [0.1, 0.15) is 17.0 Å². The number of nitrogens with zero attached hydrogens (tertiary/aromatic N) is 4. The molecule has 0 unspecified atom stereocenters. The summed E-state index contributed by atoms with van der Waals surface area (Å²) < 4.78 is 9.08. The van der Waals surface area contributed by atoms with E-state index in [9.17, 15) is 5.11 Å². The van der Waals surface area contributed by atoms with Gasteiger partial charge >= 0.3 is 0 Å². The summed E-state index contributed by atoms with van der Waals surface area (Å²) in [7, 11) is 3.50. The Morgan fingerprint density at radius 3 is 2.65 bits per heavy atom. The number of hydrogen-bond acceptors (Lipinski definition) is 4. The molecule has 0 amide bonds. The van der Waals surface area contributed by atoms with Crippen LogP contribution in [0.25, 0.3) is 16.6 Å². The number of benzene rings is 1. The molecule has 0 bridgehead atoms. The van der Waals surface area contributed by atoms with Crippen molar-refractivity contribution in [3.8, 4) is 34.5 Å². The predicted octanol–water partition coefficient (Wildman–Crippen LogP) is 2.85. The Balaban J connectivity index is 1.81. The zero-order valence-electron chi connectivity index (χ0n) is 14.3. The van der Waals surface area contributed by atoms with Gasteiger partial charge in [0.15, 0.2) is 0 Å². The van der Waals surface area contributed by atoms with Crippen LogP contribution >= 0.6 is 0 Å². The Morgan fingerprint density at radius 1 is 1.04 bits per heavy atom. The number of phenolic OH excluding ortho intramolecular Hbond substituents is 1. The highest BCUT2D eigenvalue weighted by atomic mass is 16.5. The van der Waals surface area contributed by atoms with Crippen LogP contribution in [0, 0.1) is 11.8 Å². The molecule has 0 saturated heterocycles. The van der Waals surface area contributed by atoms with Gasteiger partial charge in [0.25, 0.3) is 0 Å². The van der Waals surface area contributed by atoms with Crippen LogP contribution in [-0.2, 0) is 7.05 Å². The maximum atomic E-state index is 9.55. The van der Waals surface area contributed by atoms with Gasteiger partial charge < -0.3 is 9.84 Å². The van der Waals surface area contributed by atoms with Gasteiger partial charge in [-0.15, -0.1) is 0 Å². The molecule has 1 aromatic carbocycles. The Morgan fingerprint density at radius 2 is 1.92 bits per heavy atom. The van der Waals surface area contributed by atoms with Gasteiger partial charge in [-0.05, 0) is 24.3 Å². The fraction of sp³-hybridized carbons (Fsp3) is 0.100. The number of aryl methyl sites for hydroxylation is 1. The van der Waals surface area contributed by atoms with Crippen LogP contribution in [0.15, 0.2) is 55.1 Å². The smallest absolute Gasteiger partial charge is 0.146 e. The van der Waals surface area contributed by atoms with Crippen LogP contribution in [0.4, 0.5) is 0 Å². The third kappa shape index (κ3) is 2.87. The normalized spacial score (nSPS) is 10.5. The first-order valence-corrected chi connectivity index (χ1v) is 7.99. The van der Waals surface area contributed by atoms with Crippen LogP contribution in [0.5, 0.6) is 11.5 Å². The van der Waals surface area contributed by atoms with Gasteiger partial charge in [-0.25, -0.2) is 4.52 Å². The molecule has 1 N–H and O–H groups in total. The molecule has 26 heavy (non-hydrogen) atoms. The third-order valence-corrected chi connectivity index (χ3v) is 4.02. The highest BCUT2D eigenvalue weighted by molar-refractivity contribution is 5.75. The number of aromatic nitrogens is 4. The second-order valence-electron chi connectivity index (χ2n) is 5.85. The summed E-state index contributed by atoms with van der Waals surface area (Å²) in [6.45, 7) is 0. The topological polar surface area (TPSA) is 64.6 Å². The van der Waals surface area contributed by atoms with Crippen LogP contribution in [-0.4, -0.2) is 31.6 Å². The molecule has 0 atom stereocenters. The molecule has 0 spiro atoms. The lowest BCUT2D eigenvalue weighted by Gasteiger charge is -2.06. The molecule has 0 radical (unpaired) electrons. The van der Waals surface area contributed by atoms with Gasteiger partial charge in [0.2, 0.25) is 0 Å². The number of methoxy groups -OCH3 is 1. The zero-order chi connectivity index (χ0) is 18.1. The van der Waals surface area contributed by atoms with E-state index in [-0.39, 0.29) is 5.75 Å². The average Bonchev–Trinajstić information content (AvgIpc) is 3.25. The number of phenols is 1. The van der Waals surface area contributed by atoms with Crippen LogP contribution in [0.3, 0.4) is 0 Å². The first-order valence-electron chi connectivity index (χ1n) is 7.99. The largest absolute Gasteiger partial charge is 0.508 e. The molecule has 6 heteroatoms. The molecule has 0 fully saturated rings. The van der Waals surface area contributed by atoms with Gasteiger partial charge in [-0.1, -0.05) is 17.9 Å². The average molecular weight is 344 g/mol. The van der Waals surface area contributed by atoms with E-state index in [2.05, 4.69) is 22.0 Å². The second-order valence-corrected chi connectivity index (χ2v) is 5.85. The van der Waals surface area contributed by atoms with E-state index >= 15 is 0 Å². The number of pyridine rings is 1. The Bertz CT molecular complexity index is 1160. The molecule has 128 valence electrons. The SMILES string of the molecule is COc1cc(-c2cnn(C)c2)cn2ncc(C#Cc3cccc(O)c3)c12. The van der Waals surface area contributed by atoms with Crippen molar-refractivity contribution in [3.05, 3.63) is 66.2 Å². The molecular weight excluding hydrogens is 328 g/mol. The van der Waals surface area contributed by atoms with Crippen LogP contribution < -0.4 is 4.74 Å². The molecule has 0 saturated carbocycles. The lowest BCUT2D eigenvalue weighted by molar-refractivity contribution is 0.417. The molecule has 0 aliphatic carbocycles. The van der Waals surface area contributed by atoms with Gasteiger partial charge in [-0.2, -0.15) is 10.2 Å². The lowest BCUT2D eigenvalue weighted by Crippen LogP contribution is -1.94. The molecule has 3 heterocycles. The third-order valence-electron chi connectivity index (χ3n) is 4.02. The quantitative estimate of drug-likeness (QED) is 0.568. The fourth-order valence-corrected chi connectivity index (χ4v) is 2.78. The summed E-state index contributed by atoms with van der Waals surface area (Å²) >= 11 is 0. The van der Waals surface area contributed by atoms with E-state index in [0.29, 0.717) is 5.75 Å². The Hall–Kier alpha value is -3.72. The van der Waals surface area contributed by atoms with Crippen molar-refractivity contribution in [2.75, 3.05) is 7.11 Å². The summed E-state index contributed by atoms with van der Waals surface area (Å²) in [5.41, 5.74) is 4.22. The van der Waals surface area contributed by atoms with Crippen molar-refractivity contribution in [2.24, 2.45) is 7.05 Å². The highest BCUT2D eigenvalue weighted by Crippen LogP contribution is 2.29. The zero-order valence-corrected chi connectivity index (χ0v) is 14.3. The second kappa shape index (κ2) is 6.30. The number of rotatable bonds is 2. The Kier molecular flexibility index (Phi) is 3.82. The number of aromatic hydroxyl groups is 1. The van der Waals surface area contributed by atoms with E-state index < -0.39 is 0 Å². The van der Waals surface area contributed by atoms with Crippen molar-refractivity contribution in [3.63, 3.8) is 0 Å². The molecule has 0 aliphatic rings. The maximum Gasteiger partial charge on any atom is 0.146 e. The van der Waals surface area contributed by atoms with Crippen LogP contribution in [0.1, 0.15) is 11.1 Å². The lowest BCUT2D eigenvalue weighted by atomic mass is 10.1. The van der Waals surface area contributed by atoms with Crippen molar-refractivity contribution in [1.82, 2.24) is 19.4 Å². The minimum Gasteiger partial charge on any atom is -0.508 e. The molecule has 4 aromatic rings. The number of fused-ring (bicyclic) bond motifs is 1. The van der Waals surface area contributed by atoms with Crippen molar-refractivity contribution >= 4 is 5.52 Å². The van der Waals surface area contributed by atoms with E-state index in [1.807, 2.05) is 31.6 Å². The minimum absolute atomic E-state index is 0.190. The van der Waals surface area contributed by atoms with E-state index in [0.717, 1.165) is 27.8 Å². The van der Waals surface area contributed by atoms with Crippen molar-refractivity contribution in [2.45, 2.75) is 0 Å². The first-order chi connectivity index (χ1) is 12.6. The first kappa shape index (κ1) is 15.8. The number of hydrogen-bond donors (Lipinski definition) is 1. The van der Waals surface area contributed by atoms with Gasteiger partial charge in [0, 0.05) is 36.1 Å². The molecule has 3 aromatic heterocycles. The highest BCUT2D eigenvalue weighted by Gasteiger charge is 2.12. The summed E-state index contributed by atoms with van der Waals surface area (Å²) in [5, 5.41) is 18.2. The summed E-state index contributed by atoms with van der Waals surface area (Å²) in [6, 6.07) is 8.79. The summed E-state index contributed by atoms with van der Waals surface area (Å²) in [4.78, 5) is 0. The number of ether oxygens (including phenoxy) is 1. The van der Waals surface area contributed by atoms with Gasteiger partial charge in [0.05, 0.1) is 25.1 Å². The standard InChI is InChI=1S/C20H16N4O2/c1-23-12-17(11-21-23)16-9-19(26-2)20-15(10-22-24(20)13-16)7-6-14-4-3-5-18(25)8-14/h3-5,8-13,25H,1-2H3. The predicted molar refractivity (Wildman–Crippen MR) is 98.0 cm³/mol. The Labute approximate surface area is 150 Å². The maximum absolute atomic E-state index is 9.55. The van der Waals surface area contributed by atoms with E-state index in [1.165, 1.54) is 0 Å². The van der Waals surface area contributed by atoms with E-state index in [1.54, 1.807) is 46.9 Å². The van der Waals surface area contributed by atoms with Crippen LogP contribution in [0.2, 0.25) is 0 Å². The minimum atomic E-state index is 0.190. The van der Waals surface area contributed by atoms with E-state index in [4.69, 9.17) is 4.74 Å².